The first-order valence-corrected chi connectivity index (χ1v) is 11.0. The molecular weight excluding hydrogens is 432 g/mol. The van der Waals surface area contributed by atoms with E-state index in [1.54, 1.807) is 26.2 Å². The molecule has 34 heavy (non-hydrogen) atoms. The Kier molecular flexibility index (Phi) is 6.58. The van der Waals surface area contributed by atoms with Gasteiger partial charge in [0.15, 0.2) is 0 Å². The van der Waals surface area contributed by atoms with Gasteiger partial charge in [-0.2, -0.15) is 4.98 Å². The Bertz CT molecular complexity index is 1390. The number of hydrogen-bond donors (Lipinski definition) is 1. The van der Waals surface area contributed by atoms with Crippen LogP contribution in [0.2, 0.25) is 0 Å². The summed E-state index contributed by atoms with van der Waals surface area (Å²) in [6.45, 7) is 5.52. The van der Waals surface area contributed by atoms with Gasteiger partial charge in [-0.05, 0) is 73.9 Å². The number of hydrogen-bond acceptors (Lipinski definition) is 6. The molecule has 4 rings (SSSR count). The number of rotatable bonds is 7. The first-order valence-electron chi connectivity index (χ1n) is 11.0. The summed E-state index contributed by atoms with van der Waals surface area (Å²) in [5.41, 5.74) is 3.82. The molecule has 0 saturated heterocycles. The number of carbonyl (C=O) groups excluding carboxylic acids is 1. The molecule has 0 saturated carbocycles. The molecule has 8 nitrogen and oxygen atoms in total. The molecule has 0 aliphatic carbocycles. The summed E-state index contributed by atoms with van der Waals surface area (Å²) in [5, 5.41) is 6.90. The van der Waals surface area contributed by atoms with Gasteiger partial charge in [-0.15, -0.1) is 0 Å². The maximum atomic E-state index is 13.4. The number of amides is 1. The number of aromatic nitrogens is 3. The Morgan fingerprint density at radius 1 is 1.12 bits per heavy atom. The second kappa shape index (κ2) is 9.74. The van der Waals surface area contributed by atoms with Crippen LogP contribution in [0.5, 0.6) is 5.75 Å². The number of aryl methyl sites for hydroxylation is 3. The molecule has 1 N–H and O–H groups in total. The quantitative estimate of drug-likeness (QED) is 0.441. The molecule has 2 heterocycles. The van der Waals surface area contributed by atoms with E-state index in [0.29, 0.717) is 28.5 Å². The van der Waals surface area contributed by atoms with Crippen molar-refractivity contribution in [3.05, 3.63) is 81.8 Å². The van der Waals surface area contributed by atoms with Gasteiger partial charge in [0.05, 0.1) is 7.11 Å². The minimum atomic E-state index is -0.361. The summed E-state index contributed by atoms with van der Waals surface area (Å²) < 4.78 is 12.0. The summed E-state index contributed by atoms with van der Waals surface area (Å²) >= 11 is 0. The van der Waals surface area contributed by atoms with E-state index in [1.807, 2.05) is 49.4 Å². The van der Waals surface area contributed by atoms with Crippen LogP contribution in [-0.2, 0) is 17.8 Å². The van der Waals surface area contributed by atoms with Crippen molar-refractivity contribution in [3.63, 3.8) is 0 Å². The van der Waals surface area contributed by atoms with Crippen molar-refractivity contribution >= 4 is 11.6 Å². The van der Waals surface area contributed by atoms with Crippen molar-refractivity contribution in [1.29, 1.82) is 0 Å². The smallest absolute Gasteiger partial charge is 0.264 e. The molecule has 8 heteroatoms. The number of carbonyl (C=O) groups is 1. The van der Waals surface area contributed by atoms with Gasteiger partial charge >= 0.3 is 0 Å². The van der Waals surface area contributed by atoms with Gasteiger partial charge in [-0.3, -0.25) is 9.59 Å². The first-order chi connectivity index (χ1) is 16.4. The van der Waals surface area contributed by atoms with Gasteiger partial charge in [-0.1, -0.05) is 24.2 Å². The van der Waals surface area contributed by atoms with Crippen molar-refractivity contribution < 1.29 is 14.1 Å². The maximum Gasteiger partial charge on any atom is 0.264 e. The van der Waals surface area contributed by atoms with Crippen molar-refractivity contribution in [2.75, 3.05) is 12.4 Å². The number of anilines is 1. The molecule has 0 spiro atoms. The number of pyridine rings is 1. The highest BCUT2D eigenvalue weighted by atomic mass is 16.5. The highest BCUT2D eigenvalue weighted by molar-refractivity contribution is 5.90. The summed E-state index contributed by atoms with van der Waals surface area (Å²) in [6, 6.07) is 16.7. The van der Waals surface area contributed by atoms with Gasteiger partial charge in [0.2, 0.25) is 11.7 Å². The number of nitrogens with zero attached hydrogens (tertiary/aromatic N) is 3. The number of ether oxygens (including phenoxy) is 1. The summed E-state index contributed by atoms with van der Waals surface area (Å²) in [5.74, 6) is 0.886. The fraction of sp³-hybridized carbons (Fsp3) is 0.231. The summed E-state index contributed by atoms with van der Waals surface area (Å²) in [4.78, 5) is 30.5. The zero-order chi connectivity index (χ0) is 24.2. The van der Waals surface area contributed by atoms with Crippen LogP contribution in [0, 0.1) is 13.8 Å². The van der Waals surface area contributed by atoms with Gasteiger partial charge in [0.25, 0.3) is 11.4 Å². The van der Waals surface area contributed by atoms with Crippen LogP contribution in [0.25, 0.3) is 22.8 Å². The minimum absolute atomic E-state index is 0.109. The third-order valence-electron chi connectivity index (χ3n) is 5.61. The van der Waals surface area contributed by atoms with Crippen molar-refractivity contribution in [2.45, 2.75) is 33.7 Å². The topological polar surface area (TPSA) is 99.2 Å². The summed E-state index contributed by atoms with van der Waals surface area (Å²) in [6.07, 6.45) is 0.867. The average molecular weight is 459 g/mol. The third-order valence-corrected chi connectivity index (χ3v) is 5.61. The van der Waals surface area contributed by atoms with Crippen LogP contribution in [0.1, 0.15) is 23.7 Å². The lowest BCUT2D eigenvalue weighted by Gasteiger charge is -2.13. The second-order valence-corrected chi connectivity index (χ2v) is 7.99. The number of nitrogens with one attached hydrogen (secondary N) is 1. The van der Waals surface area contributed by atoms with Crippen LogP contribution >= 0.6 is 0 Å². The molecule has 0 aliphatic heterocycles. The lowest BCUT2D eigenvalue weighted by Crippen LogP contribution is -2.30. The van der Waals surface area contributed by atoms with Crippen LogP contribution in [0.15, 0.2) is 63.9 Å². The molecule has 0 radical (unpaired) electrons. The van der Waals surface area contributed by atoms with E-state index < -0.39 is 0 Å². The zero-order valence-electron chi connectivity index (χ0n) is 19.6. The molecule has 0 fully saturated rings. The largest absolute Gasteiger partial charge is 0.497 e. The van der Waals surface area contributed by atoms with Crippen LogP contribution in [0.3, 0.4) is 0 Å². The van der Waals surface area contributed by atoms with Crippen LogP contribution in [-0.4, -0.2) is 27.7 Å². The molecular formula is C26H26N4O4. The Morgan fingerprint density at radius 2 is 1.88 bits per heavy atom. The number of methoxy groups -OCH3 is 1. The SMILES string of the molecule is CCc1cccc(NC(=O)Cn2c(C)cc(C)c(-c3nc(-c4ccc(OC)cc4)no3)c2=O)c1. The average Bonchev–Trinajstić information content (AvgIpc) is 3.31. The van der Waals surface area contributed by atoms with E-state index in [2.05, 4.69) is 22.4 Å². The van der Waals surface area contributed by atoms with E-state index in [9.17, 15) is 9.59 Å². The lowest BCUT2D eigenvalue weighted by molar-refractivity contribution is -0.116. The van der Waals surface area contributed by atoms with E-state index in [4.69, 9.17) is 9.26 Å². The fourth-order valence-electron chi connectivity index (χ4n) is 3.78. The standard InChI is InChI=1S/C26H26N4O4/c1-5-18-7-6-8-20(14-18)27-22(31)15-30-17(3)13-16(2)23(26(30)32)25-28-24(29-34-25)19-9-11-21(33-4)12-10-19/h6-14H,5,15H2,1-4H3,(H,27,31). The second-order valence-electron chi connectivity index (χ2n) is 7.99. The molecule has 0 aliphatic rings. The maximum absolute atomic E-state index is 13.4. The monoisotopic (exact) mass is 458 g/mol. The molecule has 1 amide bonds. The Balaban J connectivity index is 1.62. The molecule has 0 unspecified atom stereocenters. The predicted octanol–water partition coefficient (Wildman–Crippen LogP) is 4.39. The molecule has 2 aromatic carbocycles. The van der Waals surface area contributed by atoms with Gasteiger partial charge in [-0.25, -0.2) is 0 Å². The van der Waals surface area contributed by atoms with Gasteiger partial charge < -0.3 is 19.1 Å². The number of benzene rings is 2. The first kappa shape index (κ1) is 23.0. The Hall–Kier alpha value is -4.20. The highest BCUT2D eigenvalue weighted by Gasteiger charge is 2.20. The van der Waals surface area contributed by atoms with Crippen molar-refractivity contribution in [3.8, 4) is 28.6 Å². The van der Waals surface area contributed by atoms with Crippen molar-refractivity contribution in [1.82, 2.24) is 14.7 Å². The molecule has 174 valence electrons. The van der Waals surface area contributed by atoms with Gasteiger partial charge in [0, 0.05) is 16.9 Å². The van der Waals surface area contributed by atoms with E-state index in [1.165, 1.54) is 4.57 Å². The minimum Gasteiger partial charge on any atom is -0.497 e. The molecule has 0 atom stereocenters. The Morgan fingerprint density at radius 3 is 2.59 bits per heavy atom. The highest BCUT2D eigenvalue weighted by Crippen LogP contribution is 2.24. The van der Waals surface area contributed by atoms with Crippen LogP contribution < -0.4 is 15.6 Å². The summed E-state index contributed by atoms with van der Waals surface area (Å²) in [7, 11) is 1.59. The van der Waals surface area contributed by atoms with E-state index in [-0.39, 0.29) is 29.5 Å². The predicted molar refractivity (Wildman–Crippen MR) is 130 cm³/mol. The molecule has 4 aromatic rings. The van der Waals surface area contributed by atoms with E-state index in [0.717, 1.165) is 17.5 Å². The third kappa shape index (κ3) is 4.76. The fourth-order valence-corrected chi connectivity index (χ4v) is 3.78. The normalized spacial score (nSPS) is 10.8. The van der Waals surface area contributed by atoms with Crippen molar-refractivity contribution in [2.24, 2.45) is 0 Å². The van der Waals surface area contributed by atoms with E-state index >= 15 is 0 Å². The lowest BCUT2D eigenvalue weighted by atomic mass is 10.1. The molecule has 2 aromatic heterocycles. The van der Waals surface area contributed by atoms with Gasteiger partial charge in [0.1, 0.15) is 17.9 Å². The molecule has 0 bridgehead atoms. The zero-order valence-corrected chi connectivity index (χ0v) is 19.6. The van der Waals surface area contributed by atoms with Crippen LogP contribution in [0.4, 0.5) is 5.69 Å². The Labute approximate surface area is 197 Å².